The Labute approximate surface area is 261 Å². The van der Waals surface area contributed by atoms with E-state index in [1.54, 1.807) is 21.8 Å². The average molecular weight is 624 g/mol. The molecule has 4 aromatic carbocycles. The summed E-state index contributed by atoms with van der Waals surface area (Å²) in [6.07, 6.45) is 0.964. The summed E-state index contributed by atoms with van der Waals surface area (Å²) in [6, 6.07) is 24.9. The number of amides is 1. The second-order valence-corrected chi connectivity index (χ2v) is 12.2. The molecule has 3 aliphatic rings. The summed E-state index contributed by atoms with van der Waals surface area (Å²) in [5.74, 6) is -2.00. The van der Waals surface area contributed by atoms with Gasteiger partial charge in [0.1, 0.15) is 12.8 Å². The molecule has 2 unspecified atom stereocenters. The van der Waals surface area contributed by atoms with Gasteiger partial charge in [-0.15, -0.1) is 11.8 Å². The summed E-state index contributed by atoms with van der Waals surface area (Å²) in [5.41, 5.74) is 2.21. The summed E-state index contributed by atoms with van der Waals surface area (Å²) in [5, 5.41) is 3.98. The fourth-order valence-corrected chi connectivity index (χ4v) is 7.90. The number of halogens is 2. The highest BCUT2D eigenvalue weighted by Crippen LogP contribution is 2.47. The van der Waals surface area contributed by atoms with Gasteiger partial charge in [0, 0.05) is 35.0 Å². The molecule has 3 aliphatic heterocycles. The summed E-state index contributed by atoms with van der Waals surface area (Å²) in [7, 11) is 0. The van der Waals surface area contributed by atoms with Crippen molar-refractivity contribution in [3.8, 4) is 5.75 Å². The Bertz CT molecular complexity index is 2040. The number of hydrogen-bond donors (Lipinski definition) is 0. The van der Waals surface area contributed by atoms with Crippen LogP contribution in [0.25, 0.3) is 10.8 Å². The molecule has 0 saturated carbocycles. The van der Waals surface area contributed by atoms with Crippen LogP contribution in [-0.2, 0) is 17.1 Å². The highest BCUT2D eigenvalue weighted by Gasteiger charge is 2.46. The summed E-state index contributed by atoms with van der Waals surface area (Å²) < 4.78 is 44.1. The van der Waals surface area contributed by atoms with Crippen LogP contribution in [0.4, 0.5) is 8.78 Å². The fraction of sp³-hybridized carbons (Fsp3) is 0.200. The van der Waals surface area contributed by atoms with Crippen molar-refractivity contribution in [2.45, 2.75) is 29.5 Å². The first-order valence-corrected chi connectivity index (χ1v) is 15.7. The van der Waals surface area contributed by atoms with Crippen molar-refractivity contribution >= 4 is 28.4 Å². The Hall–Kier alpha value is -4.67. The number of nitrogens with zero attached hydrogens (tertiary/aromatic N) is 3. The van der Waals surface area contributed by atoms with Crippen LogP contribution in [0.2, 0.25) is 0 Å². The quantitative estimate of drug-likeness (QED) is 0.245. The lowest BCUT2D eigenvalue weighted by Crippen LogP contribution is -2.66. The number of fused-ring (bicyclic) bond motifs is 6. The van der Waals surface area contributed by atoms with E-state index < -0.39 is 29.3 Å². The van der Waals surface area contributed by atoms with Crippen molar-refractivity contribution < 1.29 is 23.0 Å². The van der Waals surface area contributed by atoms with Gasteiger partial charge in [0.2, 0.25) is 5.43 Å². The molecular weight excluding hydrogens is 596 g/mol. The molecule has 1 amide bonds. The Balaban J connectivity index is 1.38. The Morgan fingerprint density at radius 3 is 2.58 bits per heavy atom. The van der Waals surface area contributed by atoms with Crippen LogP contribution in [-0.4, -0.2) is 41.4 Å². The number of thioether (sulfide) groups is 1. The lowest BCUT2D eigenvalue weighted by atomic mass is 9.91. The van der Waals surface area contributed by atoms with Crippen molar-refractivity contribution in [1.29, 1.82) is 0 Å². The number of ether oxygens (including phenoxy) is 2. The van der Waals surface area contributed by atoms with E-state index in [2.05, 4.69) is 0 Å². The third-order valence-corrected chi connectivity index (χ3v) is 9.92. The molecular formula is C35H27F2N3O4S. The molecule has 7 nitrogen and oxygen atoms in total. The minimum atomic E-state index is -0.916. The molecule has 0 spiro atoms. The van der Waals surface area contributed by atoms with Crippen LogP contribution in [0.5, 0.6) is 5.75 Å². The van der Waals surface area contributed by atoms with Crippen molar-refractivity contribution in [3.05, 3.63) is 141 Å². The Morgan fingerprint density at radius 1 is 0.911 bits per heavy atom. The first-order valence-electron chi connectivity index (χ1n) is 14.7. The maximum absolute atomic E-state index is 15.6. The molecule has 8 rings (SSSR count). The van der Waals surface area contributed by atoms with E-state index >= 15 is 4.39 Å². The van der Waals surface area contributed by atoms with Crippen molar-refractivity contribution in [2.24, 2.45) is 0 Å². The molecule has 1 fully saturated rings. The molecule has 45 heavy (non-hydrogen) atoms. The number of benzene rings is 4. The normalized spacial score (nSPS) is 18.9. The van der Waals surface area contributed by atoms with Gasteiger partial charge in [-0.3, -0.25) is 19.3 Å². The van der Waals surface area contributed by atoms with Gasteiger partial charge < -0.3 is 14.4 Å². The van der Waals surface area contributed by atoms with Crippen molar-refractivity contribution in [2.75, 3.05) is 24.8 Å². The maximum atomic E-state index is 15.6. The number of hydrogen-bond acceptors (Lipinski definition) is 6. The highest BCUT2D eigenvalue weighted by molar-refractivity contribution is 7.98. The average Bonchev–Trinajstić information content (AvgIpc) is 3.24. The van der Waals surface area contributed by atoms with Gasteiger partial charge in [0.25, 0.3) is 5.91 Å². The smallest absolute Gasteiger partial charge is 0.278 e. The second-order valence-electron chi connectivity index (χ2n) is 11.2. The zero-order valence-electron chi connectivity index (χ0n) is 24.0. The molecule has 1 saturated heterocycles. The molecule has 226 valence electrons. The van der Waals surface area contributed by atoms with Gasteiger partial charge in [-0.1, -0.05) is 72.8 Å². The third kappa shape index (κ3) is 4.50. The standard InChI is InChI=1S/C35H27F2N3O4S/c36-27-13-12-24-26(30(27)37)20-45-34-23-9-5-4-8-22(23)10-11-25(34)31(24)40-29-19-43-17-16-38(29)35(42)32-33(28(41)14-15-39(32)40)44-18-21-6-2-1-3-7-21/h1-15,29,31H,16-20H2. The van der Waals surface area contributed by atoms with Crippen LogP contribution in [0.15, 0.2) is 101 Å². The van der Waals surface area contributed by atoms with Crippen LogP contribution in [0, 0.1) is 11.6 Å². The lowest BCUT2D eigenvalue weighted by Gasteiger charge is -2.51. The zero-order chi connectivity index (χ0) is 30.7. The molecule has 0 radical (unpaired) electrons. The molecule has 10 heteroatoms. The number of carbonyl (C=O) groups excluding carboxylic acids is 1. The molecule has 1 aromatic heterocycles. The SMILES string of the molecule is O=C1c2c(OCc3ccccc3)c(=O)ccn2N(C2c3ccc(F)c(F)c3CSc3c2ccc2ccccc32)C2COCCN12. The Morgan fingerprint density at radius 2 is 1.71 bits per heavy atom. The first-order chi connectivity index (χ1) is 22.0. The van der Waals surface area contributed by atoms with E-state index in [4.69, 9.17) is 9.47 Å². The summed E-state index contributed by atoms with van der Waals surface area (Å²) in [6.45, 7) is 0.890. The summed E-state index contributed by atoms with van der Waals surface area (Å²) in [4.78, 5) is 30.1. The number of morpholine rings is 1. The van der Waals surface area contributed by atoms with E-state index in [1.807, 2.05) is 71.7 Å². The minimum Gasteiger partial charge on any atom is -0.482 e. The largest absolute Gasteiger partial charge is 0.482 e. The van der Waals surface area contributed by atoms with Gasteiger partial charge in [-0.25, -0.2) is 8.78 Å². The van der Waals surface area contributed by atoms with E-state index in [0.29, 0.717) is 12.2 Å². The lowest BCUT2D eigenvalue weighted by molar-refractivity contribution is -0.0199. The number of rotatable bonds is 4. The van der Waals surface area contributed by atoms with Crippen LogP contribution < -0.4 is 15.2 Å². The van der Waals surface area contributed by atoms with Gasteiger partial charge >= 0.3 is 0 Å². The minimum absolute atomic E-state index is 0.0615. The van der Waals surface area contributed by atoms with Crippen molar-refractivity contribution in [1.82, 2.24) is 9.58 Å². The highest BCUT2D eigenvalue weighted by atomic mass is 32.2. The van der Waals surface area contributed by atoms with Gasteiger partial charge in [0.05, 0.1) is 19.3 Å². The molecule has 0 N–H and O–H groups in total. The van der Waals surface area contributed by atoms with Crippen molar-refractivity contribution in [3.63, 3.8) is 0 Å². The maximum Gasteiger partial charge on any atom is 0.278 e. The Kier molecular flexibility index (Phi) is 6.84. The molecule has 2 atom stereocenters. The van der Waals surface area contributed by atoms with E-state index in [0.717, 1.165) is 32.9 Å². The fourth-order valence-electron chi connectivity index (χ4n) is 6.63. The van der Waals surface area contributed by atoms with Gasteiger partial charge in [-0.2, -0.15) is 0 Å². The molecule has 0 bridgehead atoms. The molecule has 5 aromatic rings. The van der Waals surface area contributed by atoms with E-state index in [-0.39, 0.29) is 48.4 Å². The first kappa shape index (κ1) is 27.8. The molecule has 0 aliphatic carbocycles. The zero-order valence-corrected chi connectivity index (χ0v) is 24.8. The van der Waals surface area contributed by atoms with E-state index in [9.17, 15) is 14.0 Å². The van der Waals surface area contributed by atoms with Gasteiger partial charge in [-0.05, 0) is 33.5 Å². The third-order valence-electron chi connectivity index (χ3n) is 8.74. The molecule has 4 heterocycles. The van der Waals surface area contributed by atoms with Crippen LogP contribution in [0.1, 0.15) is 38.8 Å². The predicted octanol–water partition coefficient (Wildman–Crippen LogP) is 6.00. The monoisotopic (exact) mass is 623 g/mol. The van der Waals surface area contributed by atoms with Crippen LogP contribution >= 0.6 is 11.8 Å². The van der Waals surface area contributed by atoms with E-state index in [1.165, 1.54) is 17.8 Å². The topological polar surface area (TPSA) is 64.0 Å². The van der Waals surface area contributed by atoms with Gasteiger partial charge in [0.15, 0.2) is 23.1 Å². The number of pyridine rings is 1. The number of aromatic nitrogens is 1. The number of carbonyl (C=O) groups is 1. The second kappa shape index (κ2) is 11.0. The van der Waals surface area contributed by atoms with Crippen LogP contribution in [0.3, 0.4) is 0 Å². The predicted molar refractivity (Wildman–Crippen MR) is 167 cm³/mol. The summed E-state index contributed by atoms with van der Waals surface area (Å²) >= 11 is 1.47.